The lowest BCUT2D eigenvalue weighted by atomic mass is 10.1. The van der Waals surface area contributed by atoms with Crippen molar-refractivity contribution < 1.29 is 4.79 Å². The Morgan fingerprint density at radius 1 is 1.29 bits per heavy atom. The summed E-state index contributed by atoms with van der Waals surface area (Å²) in [7, 11) is 1.93. The van der Waals surface area contributed by atoms with Gasteiger partial charge < -0.3 is 15.5 Å². The molecule has 0 radical (unpaired) electrons. The molecule has 0 saturated heterocycles. The summed E-state index contributed by atoms with van der Waals surface area (Å²) in [6.07, 6.45) is 1.08. The predicted octanol–water partition coefficient (Wildman–Crippen LogP) is 3.87. The zero-order valence-corrected chi connectivity index (χ0v) is 13.9. The topological polar surface area (TPSA) is 44.4 Å². The highest BCUT2D eigenvalue weighted by molar-refractivity contribution is 5.89. The van der Waals surface area contributed by atoms with E-state index in [-0.39, 0.29) is 12.1 Å². The van der Waals surface area contributed by atoms with E-state index in [1.165, 1.54) is 5.56 Å². The molecule has 4 nitrogen and oxygen atoms in total. The maximum Gasteiger partial charge on any atom is 0.321 e. The van der Waals surface area contributed by atoms with Crippen molar-refractivity contribution in [1.82, 2.24) is 10.2 Å². The molecule has 0 fully saturated rings. The number of rotatable bonds is 7. The Balaban J connectivity index is 2.72. The fraction of sp³-hybridized carbons (Fsp3) is 0.588. The highest BCUT2D eigenvalue weighted by atomic mass is 16.2. The van der Waals surface area contributed by atoms with Gasteiger partial charge in [0.2, 0.25) is 0 Å². The summed E-state index contributed by atoms with van der Waals surface area (Å²) in [5, 5.41) is 6.21. The number of anilines is 1. The Kier molecular flexibility index (Phi) is 7.23. The van der Waals surface area contributed by atoms with Crippen molar-refractivity contribution in [2.24, 2.45) is 5.92 Å². The zero-order valence-electron chi connectivity index (χ0n) is 13.9. The minimum absolute atomic E-state index is 0.0212. The van der Waals surface area contributed by atoms with Crippen LogP contribution in [0.1, 0.15) is 45.7 Å². The minimum atomic E-state index is -0.0212. The average molecular weight is 291 g/mol. The SMILES string of the molecule is CCC(C)CN(CC)C(=O)Nc1cccc(C(C)NC)c1. The summed E-state index contributed by atoms with van der Waals surface area (Å²) < 4.78 is 0. The smallest absolute Gasteiger partial charge is 0.321 e. The van der Waals surface area contributed by atoms with Gasteiger partial charge in [-0.3, -0.25) is 0 Å². The van der Waals surface area contributed by atoms with E-state index in [0.29, 0.717) is 5.92 Å². The highest BCUT2D eigenvalue weighted by Crippen LogP contribution is 2.17. The molecular weight excluding hydrogens is 262 g/mol. The molecule has 0 saturated carbocycles. The highest BCUT2D eigenvalue weighted by Gasteiger charge is 2.14. The summed E-state index contributed by atoms with van der Waals surface area (Å²) in [5.41, 5.74) is 2.02. The summed E-state index contributed by atoms with van der Waals surface area (Å²) >= 11 is 0. The number of amides is 2. The van der Waals surface area contributed by atoms with E-state index < -0.39 is 0 Å². The van der Waals surface area contributed by atoms with Crippen molar-refractivity contribution >= 4 is 11.7 Å². The summed E-state index contributed by atoms with van der Waals surface area (Å²) in [6, 6.07) is 8.24. The second-order valence-electron chi connectivity index (χ2n) is 5.62. The molecule has 0 heterocycles. The predicted molar refractivity (Wildman–Crippen MR) is 89.6 cm³/mol. The van der Waals surface area contributed by atoms with Crippen LogP contribution in [0.5, 0.6) is 0 Å². The van der Waals surface area contributed by atoms with Gasteiger partial charge in [0.05, 0.1) is 0 Å². The number of nitrogens with zero attached hydrogens (tertiary/aromatic N) is 1. The quantitative estimate of drug-likeness (QED) is 0.801. The summed E-state index contributed by atoms with van der Waals surface area (Å²) in [4.78, 5) is 14.2. The minimum Gasteiger partial charge on any atom is -0.325 e. The van der Waals surface area contributed by atoms with E-state index in [9.17, 15) is 4.79 Å². The van der Waals surface area contributed by atoms with Crippen molar-refractivity contribution in [3.8, 4) is 0 Å². The van der Waals surface area contributed by atoms with E-state index >= 15 is 0 Å². The molecule has 0 spiro atoms. The van der Waals surface area contributed by atoms with E-state index in [1.54, 1.807) is 0 Å². The molecule has 2 unspecified atom stereocenters. The number of hydrogen-bond donors (Lipinski definition) is 2. The monoisotopic (exact) mass is 291 g/mol. The second-order valence-corrected chi connectivity index (χ2v) is 5.62. The lowest BCUT2D eigenvalue weighted by Gasteiger charge is -2.24. The van der Waals surface area contributed by atoms with Gasteiger partial charge in [0.1, 0.15) is 0 Å². The third kappa shape index (κ3) is 5.38. The fourth-order valence-corrected chi connectivity index (χ4v) is 2.12. The Hall–Kier alpha value is -1.55. The van der Waals surface area contributed by atoms with Gasteiger partial charge in [-0.25, -0.2) is 4.79 Å². The van der Waals surface area contributed by atoms with Crippen LogP contribution in [-0.4, -0.2) is 31.1 Å². The molecule has 0 aliphatic rings. The number of carbonyl (C=O) groups excluding carboxylic acids is 1. The molecule has 21 heavy (non-hydrogen) atoms. The number of hydrogen-bond acceptors (Lipinski definition) is 2. The molecule has 0 aliphatic carbocycles. The van der Waals surface area contributed by atoms with Gasteiger partial charge in [-0.15, -0.1) is 0 Å². The molecule has 2 N–H and O–H groups in total. The van der Waals surface area contributed by atoms with Crippen LogP contribution in [0.15, 0.2) is 24.3 Å². The Labute approximate surface area is 128 Å². The van der Waals surface area contributed by atoms with Crippen LogP contribution in [0, 0.1) is 5.92 Å². The third-order valence-corrected chi connectivity index (χ3v) is 3.97. The molecule has 0 aromatic heterocycles. The van der Waals surface area contributed by atoms with Crippen LogP contribution in [0.25, 0.3) is 0 Å². The van der Waals surface area contributed by atoms with Crippen LogP contribution in [0.4, 0.5) is 10.5 Å². The number of urea groups is 1. The maximum atomic E-state index is 12.3. The van der Waals surface area contributed by atoms with Gasteiger partial charge in [-0.1, -0.05) is 32.4 Å². The van der Waals surface area contributed by atoms with Crippen molar-refractivity contribution in [2.45, 2.75) is 40.2 Å². The van der Waals surface area contributed by atoms with Gasteiger partial charge in [-0.05, 0) is 44.5 Å². The maximum absolute atomic E-state index is 12.3. The van der Waals surface area contributed by atoms with Crippen molar-refractivity contribution in [1.29, 1.82) is 0 Å². The first-order valence-electron chi connectivity index (χ1n) is 7.84. The second kappa shape index (κ2) is 8.67. The standard InChI is InChI=1S/C17H29N3O/c1-6-13(3)12-20(7-2)17(21)19-16-10-8-9-15(11-16)14(4)18-5/h8-11,13-14,18H,6-7,12H2,1-5H3,(H,19,21). The van der Waals surface area contributed by atoms with Gasteiger partial charge in [0.25, 0.3) is 0 Å². The molecular formula is C17H29N3O. The number of carbonyl (C=O) groups is 1. The van der Waals surface area contributed by atoms with Crippen molar-refractivity contribution in [3.63, 3.8) is 0 Å². The number of benzene rings is 1. The Morgan fingerprint density at radius 2 is 2.00 bits per heavy atom. The molecule has 1 aromatic rings. The van der Waals surface area contributed by atoms with E-state index in [1.807, 2.05) is 37.1 Å². The fourth-order valence-electron chi connectivity index (χ4n) is 2.12. The largest absolute Gasteiger partial charge is 0.325 e. The van der Waals surface area contributed by atoms with Gasteiger partial charge in [0, 0.05) is 24.8 Å². The first-order chi connectivity index (χ1) is 10.0. The van der Waals surface area contributed by atoms with Crippen LogP contribution >= 0.6 is 0 Å². The Morgan fingerprint density at radius 3 is 2.57 bits per heavy atom. The first kappa shape index (κ1) is 17.5. The average Bonchev–Trinajstić information content (AvgIpc) is 2.51. The lowest BCUT2D eigenvalue weighted by Crippen LogP contribution is -2.37. The zero-order chi connectivity index (χ0) is 15.8. The normalized spacial score (nSPS) is 13.6. The van der Waals surface area contributed by atoms with E-state index in [0.717, 1.165) is 25.2 Å². The van der Waals surface area contributed by atoms with Crippen molar-refractivity contribution in [2.75, 3.05) is 25.5 Å². The van der Waals surface area contributed by atoms with Crippen LogP contribution in [-0.2, 0) is 0 Å². The molecule has 2 amide bonds. The number of nitrogens with one attached hydrogen (secondary N) is 2. The molecule has 118 valence electrons. The molecule has 0 bridgehead atoms. The first-order valence-corrected chi connectivity index (χ1v) is 7.84. The van der Waals surface area contributed by atoms with E-state index in [2.05, 4.69) is 37.5 Å². The molecule has 0 aliphatic heterocycles. The Bertz CT molecular complexity index is 447. The van der Waals surface area contributed by atoms with E-state index in [4.69, 9.17) is 0 Å². The molecule has 1 aromatic carbocycles. The van der Waals surface area contributed by atoms with Crippen LogP contribution in [0.3, 0.4) is 0 Å². The molecule has 2 atom stereocenters. The van der Waals surface area contributed by atoms with Crippen LogP contribution in [0.2, 0.25) is 0 Å². The van der Waals surface area contributed by atoms with Gasteiger partial charge >= 0.3 is 6.03 Å². The van der Waals surface area contributed by atoms with Crippen molar-refractivity contribution in [3.05, 3.63) is 29.8 Å². The third-order valence-electron chi connectivity index (χ3n) is 3.97. The van der Waals surface area contributed by atoms with Crippen LogP contribution < -0.4 is 10.6 Å². The van der Waals surface area contributed by atoms with Gasteiger partial charge in [-0.2, -0.15) is 0 Å². The lowest BCUT2D eigenvalue weighted by molar-refractivity contribution is 0.205. The van der Waals surface area contributed by atoms with Gasteiger partial charge in [0.15, 0.2) is 0 Å². The molecule has 4 heteroatoms. The molecule has 1 rings (SSSR count). The summed E-state index contributed by atoms with van der Waals surface area (Å²) in [5.74, 6) is 0.520. The summed E-state index contributed by atoms with van der Waals surface area (Å²) in [6.45, 7) is 9.96.